The van der Waals surface area contributed by atoms with Crippen LogP contribution in [0.4, 0.5) is 11.4 Å². The van der Waals surface area contributed by atoms with E-state index < -0.39 is 0 Å². The molecule has 0 atom stereocenters. The van der Waals surface area contributed by atoms with Gasteiger partial charge in [-0.15, -0.1) is 42.6 Å². The van der Waals surface area contributed by atoms with E-state index in [1.807, 2.05) is 60.5 Å². The predicted molar refractivity (Wildman–Crippen MR) is 222 cm³/mol. The van der Waals surface area contributed by atoms with E-state index in [0.29, 0.717) is 11.4 Å². The van der Waals surface area contributed by atoms with E-state index in [2.05, 4.69) is 136 Å². The number of benzene rings is 5. The zero-order chi connectivity index (χ0) is 39.8. The minimum absolute atomic E-state index is 0. The van der Waals surface area contributed by atoms with Gasteiger partial charge in [-0.2, -0.15) is 12.1 Å². The zero-order valence-electron chi connectivity index (χ0n) is 34.6. The van der Waals surface area contributed by atoms with E-state index >= 15 is 0 Å². The van der Waals surface area contributed by atoms with E-state index in [9.17, 15) is 0 Å². The normalized spacial score (nSPS) is 14.0. The maximum absolute atomic E-state index is 8.84. The Bertz CT molecular complexity index is 2870. The smallest absolute Gasteiger partial charge is 0.135 e. The van der Waals surface area contributed by atoms with Gasteiger partial charge in [0.25, 0.3) is 0 Å². The van der Waals surface area contributed by atoms with Gasteiger partial charge in [0.15, 0.2) is 0 Å². The molecule has 278 valence electrons. The minimum Gasteiger partial charge on any atom is -0.509 e. The van der Waals surface area contributed by atoms with E-state index in [4.69, 9.17) is 13.8 Å². The number of hydrogen-bond acceptors (Lipinski definition) is 4. The molecule has 1 aliphatic rings. The quantitative estimate of drug-likeness (QED) is 0.124. The standard InChI is InChI=1S/C48H42N5O.Pd/c1-47(2,3)33-19-21-35(22-20-33)50-27-28-51(32-50)37-15-12-16-38(30-37)54-39-23-24-41-43(31-39)53(44-29-34(25-26-49-44)48(4,5)6)46-40-17-10-11-18-42(40)52(45(41)46)36-13-8-7-9-14-36;/h7-29,32H,1-6H3;/q-3;/i12D,15D,16D;. The van der Waals surface area contributed by atoms with Gasteiger partial charge in [-0.3, -0.25) is 0 Å². The molecule has 0 fully saturated rings. The van der Waals surface area contributed by atoms with Gasteiger partial charge in [-0.05, 0) is 79.6 Å². The maximum Gasteiger partial charge on any atom is 0.135 e. The van der Waals surface area contributed by atoms with Crippen molar-refractivity contribution in [2.45, 2.75) is 52.4 Å². The summed E-state index contributed by atoms with van der Waals surface area (Å²) in [4.78, 5) is 8.61. The van der Waals surface area contributed by atoms with Crippen LogP contribution in [0.25, 0.3) is 44.3 Å². The number of pyridine rings is 1. The van der Waals surface area contributed by atoms with Crippen molar-refractivity contribution in [3.05, 3.63) is 170 Å². The van der Waals surface area contributed by atoms with Crippen LogP contribution in [0.5, 0.6) is 11.5 Å². The molecule has 0 N–H and O–H groups in total. The summed E-state index contributed by atoms with van der Waals surface area (Å²) in [5.41, 5.74) is 8.44. The zero-order valence-corrected chi connectivity index (χ0v) is 33.1. The first kappa shape index (κ1) is 32.8. The molecule has 1 aliphatic heterocycles. The van der Waals surface area contributed by atoms with E-state index in [1.54, 1.807) is 4.90 Å². The van der Waals surface area contributed by atoms with Crippen LogP contribution in [-0.4, -0.2) is 14.1 Å². The van der Waals surface area contributed by atoms with Crippen LogP contribution >= 0.6 is 0 Å². The molecule has 8 aromatic rings. The van der Waals surface area contributed by atoms with Crippen molar-refractivity contribution < 1.29 is 29.3 Å². The van der Waals surface area contributed by atoms with Crippen LogP contribution in [0.15, 0.2) is 140 Å². The van der Waals surface area contributed by atoms with Crippen molar-refractivity contribution in [2.24, 2.45) is 0 Å². The van der Waals surface area contributed by atoms with Gasteiger partial charge in [0.1, 0.15) is 5.82 Å². The second-order valence-corrected chi connectivity index (χ2v) is 15.8. The Hall–Kier alpha value is -5.61. The van der Waals surface area contributed by atoms with Crippen LogP contribution < -0.4 is 14.5 Å². The van der Waals surface area contributed by atoms with Gasteiger partial charge in [0.2, 0.25) is 0 Å². The molecule has 0 radical (unpaired) electrons. The Kier molecular flexibility index (Phi) is 8.29. The maximum atomic E-state index is 8.84. The predicted octanol–water partition coefficient (Wildman–Crippen LogP) is 12.0. The average Bonchev–Trinajstić information content (AvgIpc) is 3.91. The Morgan fingerprint density at radius 3 is 2.13 bits per heavy atom. The van der Waals surface area contributed by atoms with Gasteiger partial charge in [0.05, 0.1) is 11.0 Å². The molecule has 3 aromatic heterocycles. The minimum atomic E-state index is -0.254. The SMILES string of the molecule is [2H]c1c(Oc2[c-]c3c(cc2)c2c(c4ccccc4n2-c2ccccc2)n3-c2cc(C(C)(C)C)ccn2)[c-]c(N2C=CN(c3ccc(C(C)(C)C)cc3)[CH-]2)c([2H])c1[2H].[Pd]. The monoisotopic (exact) mass is 813 g/mol. The molecule has 9 rings (SSSR count). The first-order valence-corrected chi connectivity index (χ1v) is 18.2. The van der Waals surface area contributed by atoms with Crippen LogP contribution in [0, 0.1) is 18.8 Å². The van der Waals surface area contributed by atoms with Gasteiger partial charge < -0.3 is 23.7 Å². The molecular formula is C48H42N5OPd-3. The number of nitrogens with zero attached hydrogens (tertiary/aromatic N) is 5. The number of anilines is 2. The molecule has 0 unspecified atom stereocenters. The number of para-hydroxylation sites is 2. The first-order valence-electron chi connectivity index (χ1n) is 19.7. The molecule has 6 nitrogen and oxygen atoms in total. The molecule has 0 bridgehead atoms. The average molecular weight is 814 g/mol. The topological polar surface area (TPSA) is 38.5 Å². The first-order chi connectivity index (χ1) is 27.3. The van der Waals surface area contributed by atoms with Crippen molar-refractivity contribution >= 4 is 44.2 Å². The van der Waals surface area contributed by atoms with Crippen LogP contribution in [0.3, 0.4) is 0 Å². The number of ether oxygens (including phenoxy) is 1. The van der Waals surface area contributed by atoms with Crippen molar-refractivity contribution in [3.8, 4) is 23.0 Å². The van der Waals surface area contributed by atoms with E-state index in [-0.39, 0.29) is 55.1 Å². The van der Waals surface area contributed by atoms with Gasteiger partial charge >= 0.3 is 0 Å². The van der Waals surface area contributed by atoms with Crippen molar-refractivity contribution in [3.63, 3.8) is 0 Å². The fourth-order valence-corrected chi connectivity index (χ4v) is 7.16. The summed E-state index contributed by atoms with van der Waals surface area (Å²) in [6, 6.07) is 41.3. The third kappa shape index (κ3) is 6.62. The van der Waals surface area contributed by atoms with Gasteiger partial charge in [-0.25, -0.2) is 4.98 Å². The Morgan fingerprint density at radius 2 is 1.36 bits per heavy atom. The van der Waals surface area contributed by atoms with E-state index in [0.717, 1.165) is 55.6 Å². The number of aromatic nitrogens is 3. The summed E-state index contributed by atoms with van der Waals surface area (Å²) >= 11 is 0. The van der Waals surface area contributed by atoms with Crippen LogP contribution in [0.2, 0.25) is 0 Å². The van der Waals surface area contributed by atoms with Crippen molar-refractivity contribution in [1.29, 1.82) is 0 Å². The molecule has 7 heteroatoms. The molecule has 0 aliphatic carbocycles. The summed E-state index contributed by atoms with van der Waals surface area (Å²) in [7, 11) is 0. The molecule has 55 heavy (non-hydrogen) atoms. The van der Waals surface area contributed by atoms with Crippen LogP contribution in [0.1, 0.15) is 56.8 Å². The number of hydrogen-bond donors (Lipinski definition) is 0. The van der Waals surface area contributed by atoms with E-state index in [1.165, 1.54) is 5.56 Å². The molecule has 0 spiro atoms. The Labute approximate surface area is 341 Å². The third-order valence-corrected chi connectivity index (χ3v) is 10.0. The number of rotatable bonds is 6. The van der Waals surface area contributed by atoms with Gasteiger partial charge in [0, 0.05) is 61.8 Å². The second kappa shape index (κ2) is 13.9. The Balaban J connectivity index is 0.00000469. The van der Waals surface area contributed by atoms with Crippen molar-refractivity contribution in [2.75, 3.05) is 9.80 Å². The second-order valence-electron chi connectivity index (χ2n) is 15.8. The summed E-state index contributed by atoms with van der Waals surface area (Å²) in [6.45, 7) is 15.0. The fourth-order valence-electron chi connectivity index (χ4n) is 7.16. The van der Waals surface area contributed by atoms with Crippen molar-refractivity contribution in [1.82, 2.24) is 14.1 Å². The third-order valence-electron chi connectivity index (χ3n) is 10.0. The molecule has 0 saturated carbocycles. The van der Waals surface area contributed by atoms with Gasteiger partial charge in [-0.1, -0.05) is 101 Å². The Morgan fingerprint density at radius 1 is 0.655 bits per heavy atom. The molecule has 4 heterocycles. The fraction of sp³-hybridized carbons (Fsp3) is 0.167. The summed E-state index contributed by atoms with van der Waals surface area (Å²) in [5.74, 6) is 1.13. The molecule has 5 aromatic carbocycles. The summed E-state index contributed by atoms with van der Waals surface area (Å²) < 4.78 is 37.3. The summed E-state index contributed by atoms with van der Waals surface area (Å²) in [5, 5.41) is 2.02. The summed E-state index contributed by atoms with van der Waals surface area (Å²) in [6.07, 6.45) is 5.57. The van der Waals surface area contributed by atoms with Crippen LogP contribution in [-0.2, 0) is 31.3 Å². The molecule has 0 saturated heterocycles. The molecule has 0 amide bonds. The largest absolute Gasteiger partial charge is 0.509 e. The number of fused-ring (bicyclic) bond motifs is 5. The molecular weight excluding hydrogens is 769 g/mol.